The fourth-order valence-corrected chi connectivity index (χ4v) is 1.90. The Morgan fingerprint density at radius 2 is 1.45 bits per heavy atom. The molecule has 2 aromatic carbocycles. The summed E-state index contributed by atoms with van der Waals surface area (Å²) >= 11 is 0. The molecule has 0 heterocycles. The van der Waals surface area contributed by atoms with Gasteiger partial charge in [-0.05, 0) is 31.0 Å². The number of nitrogens with two attached hydrogens (primary N) is 1. The van der Waals surface area contributed by atoms with Crippen LogP contribution in [-0.4, -0.2) is 14.2 Å². The molecule has 0 saturated heterocycles. The molecular formula is C16H19NO3. The van der Waals surface area contributed by atoms with Crippen LogP contribution in [0.15, 0.2) is 30.3 Å². The number of hydrogen-bond donors (Lipinski definition) is 1. The van der Waals surface area contributed by atoms with Crippen LogP contribution in [0.25, 0.3) is 0 Å². The van der Waals surface area contributed by atoms with Crippen LogP contribution in [0, 0.1) is 13.8 Å². The van der Waals surface area contributed by atoms with Crippen LogP contribution in [0.4, 0.5) is 5.69 Å². The van der Waals surface area contributed by atoms with Crippen LogP contribution in [-0.2, 0) is 0 Å². The Bertz CT molecular complexity index is 623. The predicted molar refractivity (Wildman–Crippen MR) is 79.9 cm³/mol. The smallest absolute Gasteiger partial charge is 0.164 e. The lowest BCUT2D eigenvalue weighted by Gasteiger charge is -2.14. The van der Waals surface area contributed by atoms with E-state index >= 15 is 0 Å². The number of anilines is 1. The van der Waals surface area contributed by atoms with Crippen molar-refractivity contribution in [1.29, 1.82) is 0 Å². The minimum atomic E-state index is 0.503. The summed E-state index contributed by atoms with van der Waals surface area (Å²) in [7, 11) is 3.15. The summed E-state index contributed by atoms with van der Waals surface area (Å²) in [4.78, 5) is 0. The number of methoxy groups -OCH3 is 2. The fraction of sp³-hybridized carbons (Fsp3) is 0.250. The molecule has 20 heavy (non-hydrogen) atoms. The van der Waals surface area contributed by atoms with Crippen molar-refractivity contribution in [3.8, 4) is 23.0 Å². The number of rotatable bonds is 4. The molecule has 0 bridgehead atoms. The zero-order valence-electron chi connectivity index (χ0n) is 12.2. The van der Waals surface area contributed by atoms with E-state index in [4.69, 9.17) is 19.9 Å². The largest absolute Gasteiger partial charge is 0.493 e. The molecule has 0 unspecified atom stereocenters. The first-order valence-electron chi connectivity index (χ1n) is 6.31. The van der Waals surface area contributed by atoms with Gasteiger partial charge in [-0.1, -0.05) is 12.1 Å². The second-order valence-electron chi connectivity index (χ2n) is 4.62. The van der Waals surface area contributed by atoms with Crippen molar-refractivity contribution in [2.75, 3.05) is 20.0 Å². The maximum atomic E-state index is 6.00. The highest BCUT2D eigenvalue weighted by Gasteiger charge is 2.12. The minimum Gasteiger partial charge on any atom is -0.493 e. The summed E-state index contributed by atoms with van der Waals surface area (Å²) in [6, 6.07) is 9.46. The van der Waals surface area contributed by atoms with E-state index < -0.39 is 0 Å². The highest BCUT2D eigenvalue weighted by molar-refractivity contribution is 5.63. The summed E-state index contributed by atoms with van der Waals surface area (Å²) < 4.78 is 16.4. The number of nitrogen functional groups attached to an aromatic ring is 1. The monoisotopic (exact) mass is 273 g/mol. The van der Waals surface area contributed by atoms with Gasteiger partial charge >= 0.3 is 0 Å². The third kappa shape index (κ3) is 2.79. The lowest BCUT2D eigenvalue weighted by atomic mass is 10.1. The normalized spacial score (nSPS) is 10.2. The van der Waals surface area contributed by atoms with Crippen LogP contribution in [0.2, 0.25) is 0 Å². The van der Waals surface area contributed by atoms with E-state index in [0.29, 0.717) is 22.9 Å². The average molecular weight is 273 g/mol. The number of hydrogen-bond acceptors (Lipinski definition) is 4. The van der Waals surface area contributed by atoms with Crippen LogP contribution >= 0.6 is 0 Å². The van der Waals surface area contributed by atoms with Crippen molar-refractivity contribution in [2.45, 2.75) is 13.8 Å². The Morgan fingerprint density at radius 1 is 0.800 bits per heavy atom. The molecule has 4 nitrogen and oxygen atoms in total. The van der Waals surface area contributed by atoms with Crippen LogP contribution in [0.3, 0.4) is 0 Å². The minimum absolute atomic E-state index is 0.503. The van der Waals surface area contributed by atoms with Gasteiger partial charge in [-0.2, -0.15) is 0 Å². The van der Waals surface area contributed by atoms with Gasteiger partial charge in [0.05, 0.1) is 19.9 Å². The molecule has 2 N–H and O–H groups in total. The highest BCUT2D eigenvalue weighted by Crippen LogP contribution is 2.39. The molecule has 0 spiro atoms. The quantitative estimate of drug-likeness (QED) is 0.863. The molecular weight excluding hydrogens is 254 g/mol. The first kappa shape index (κ1) is 14.1. The third-order valence-corrected chi connectivity index (χ3v) is 3.08. The maximum absolute atomic E-state index is 6.00. The van der Waals surface area contributed by atoms with Gasteiger partial charge in [-0.15, -0.1) is 0 Å². The van der Waals surface area contributed by atoms with E-state index in [0.717, 1.165) is 16.9 Å². The summed E-state index contributed by atoms with van der Waals surface area (Å²) in [5.74, 6) is 2.50. The van der Waals surface area contributed by atoms with E-state index in [1.807, 2.05) is 32.0 Å². The first-order chi connectivity index (χ1) is 9.55. The molecule has 0 aliphatic heterocycles. The van der Waals surface area contributed by atoms with E-state index in [-0.39, 0.29) is 0 Å². The second-order valence-corrected chi connectivity index (χ2v) is 4.62. The van der Waals surface area contributed by atoms with Gasteiger partial charge in [-0.25, -0.2) is 0 Å². The zero-order valence-corrected chi connectivity index (χ0v) is 12.2. The summed E-state index contributed by atoms with van der Waals surface area (Å²) in [5, 5.41) is 0. The molecule has 0 saturated carbocycles. The Morgan fingerprint density at radius 3 is 2.10 bits per heavy atom. The molecule has 2 aromatic rings. The topological polar surface area (TPSA) is 53.7 Å². The van der Waals surface area contributed by atoms with Crippen molar-refractivity contribution in [2.24, 2.45) is 0 Å². The lowest BCUT2D eigenvalue weighted by Crippen LogP contribution is -1.97. The molecule has 2 rings (SSSR count). The Labute approximate surface area is 119 Å². The molecule has 4 heteroatoms. The van der Waals surface area contributed by atoms with Crippen LogP contribution in [0.1, 0.15) is 11.1 Å². The molecule has 0 aliphatic rings. The molecule has 0 aliphatic carbocycles. The Balaban J connectivity index is 2.40. The molecule has 106 valence electrons. The molecule has 0 amide bonds. The van der Waals surface area contributed by atoms with Crippen LogP contribution in [0.5, 0.6) is 23.0 Å². The summed E-state index contributed by atoms with van der Waals surface area (Å²) in [5.41, 5.74) is 8.67. The second kappa shape index (κ2) is 5.74. The third-order valence-electron chi connectivity index (χ3n) is 3.08. The van der Waals surface area contributed by atoms with Crippen LogP contribution < -0.4 is 19.9 Å². The Hall–Kier alpha value is -2.36. The predicted octanol–water partition coefficient (Wildman–Crippen LogP) is 3.70. The van der Waals surface area contributed by atoms with E-state index in [1.54, 1.807) is 26.4 Å². The molecule has 0 atom stereocenters. The molecule has 0 aromatic heterocycles. The maximum Gasteiger partial charge on any atom is 0.164 e. The highest BCUT2D eigenvalue weighted by atomic mass is 16.5. The van der Waals surface area contributed by atoms with Gasteiger partial charge in [0.2, 0.25) is 0 Å². The number of benzene rings is 2. The van der Waals surface area contributed by atoms with Crippen molar-refractivity contribution in [3.05, 3.63) is 41.5 Å². The standard InChI is InChI=1S/C16H19NO3/c1-10-5-6-11(2)13(7-10)20-14-9-16(19-4)15(18-3)8-12(14)17/h5-9H,17H2,1-4H3. The number of ether oxygens (including phenoxy) is 3. The van der Waals surface area contributed by atoms with Crippen molar-refractivity contribution in [3.63, 3.8) is 0 Å². The average Bonchev–Trinajstić information content (AvgIpc) is 2.44. The zero-order chi connectivity index (χ0) is 14.7. The summed E-state index contributed by atoms with van der Waals surface area (Å²) in [6.45, 7) is 4.01. The van der Waals surface area contributed by atoms with Gasteiger partial charge < -0.3 is 19.9 Å². The van der Waals surface area contributed by atoms with Gasteiger partial charge in [-0.3, -0.25) is 0 Å². The lowest BCUT2D eigenvalue weighted by molar-refractivity contribution is 0.352. The molecule has 0 fully saturated rings. The fourth-order valence-electron chi connectivity index (χ4n) is 1.90. The van der Waals surface area contributed by atoms with Crippen molar-refractivity contribution in [1.82, 2.24) is 0 Å². The van der Waals surface area contributed by atoms with E-state index in [9.17, 15) is 0 Å². The van der Waals surface area contributed by atoms with Gasteiger partial charge in [0.25, 0.3) is 0 Å². The summed E-state index contributed by atoms with van der Waals surface area (Å²) in [6.07, 6.45) is 0. The van der Waals surface area contributed by atoms with E-state index in [2.05, 4.69) is 0 Å². The first-order valence-corrected chi connectivity index (χ1v) is 6.31. The van der Waals surface area contributed by atoms with Crippen molar-refractivity contribution >= 4 is 5.69 Å². The SMILES string of the molecule is COc1cc(N)c(Oc2cc(C)ccc2C)cc1OC. The van der Waals surface area contributed by atoms with Gasteiger partial charge in [0, 0.05) is 12.1 Å². The Kier molecular flexibility index (Phi) is 4.03. The van der Waals surface area contributed by atoms with Crippen molar-refractivity contribution < 1.29 is 14.2 Å². The van der Waals surface area contributed by atoms with Gasteiger partial charge in [0.15, 0.2) is 17.2 Å². The van der Waals surface area contributed by atoms with E-state index in [1.165, 1.54) is 0 Å². The van der Waals surface area contributed by atoms with Gasteiger partial charge in [0.1, 0.15) is 5.75 Å². The molecule has 0 radical (unpaired) electrons. The number of aryl methyl sites for hydroxylation is 2.